The van der Waals surface area contributed by atoms with Crippen molar-refractivity contribution < 1.29 is 18.3 Å². The summed E-state index contributed by atoms with van der Waals surface area (Å²) in [6.45, 7) is 1.09. The SMILES string of the molecule is CC(C)n1nc(-c2cnc(N)c(OC(F)F)c2)cc1C12C3CC(=O)C1C32. The molecule has 0 saturated heterocycles. The zero-order valence-electron chi connectivity index (χ0n) is 14.3. The minimum atomic E-state index is -2.97. The van der Waals surface area contributed by atoms with Crippen LogP contribution in [0.3, 0.4) is 0 Å². The highest BCUT2D eigenvalue weighted by Crippen LogP contribution is 2.89. The first-order chi connectivity index (χ1) is 12.4. The molecule has 2 heterocycles. The number of fused-ring (bicyclic) bond motifs is 1. The van der Waals surface area contributed by atoms with E-state index in [-0.39, 0.29) is 28.9 Å². The van der Waals surface area contributed by atoms with Gasteiger partial charge in [0, 0.05) is 41.2 Å². The maximum atomic E-state index is 12.6. The minimum Gasteiger partial charge on any atom is -0.431 e. The van der Waals surface area contributed by atoms with Gasteiger partial charge in [0.25, 0.3) is 0 Å². The number of carbonyl (C=O) groups is 1. The van der Waals surface area contributed by atoms with Gasteiger partial charge < -0.3 is 10.5 Å². The molecule has 0 amide bonds. The van der Waals surface area contributed by atoms with Gasteiger partial charge in [0.15, 0.2) is 11.6 Å². The van der Waals surface area contributed by atoms with Crippen LogP contribution in [0, 0.1) is 17.8 Å². The lowest BCUT2D eigenvalue weighted by atomic mass is 10.0. The molecule has 2 bridgehead atoms. The molecular formula is C18H18F2N4O2. The number of Topliss-reactive ketones (excluding diaryl/α,β-unsaturated/α-hetero) is 1. The van der Waals surface area contributed by atoms with Crippen LogP contribution < -0.4 is 10.5 Å². The smallest absolute Gasteiger partial charge is 0.387 e. The normalized spacial score (nSPS) is 30.8. The molecule has 0 aromatic carbocycles. The number of halogens is 2. The summed E-state index contributed by atoms with van der Waals surface area (Å²) in [5.41, 5.74) is 7.83. The van der Waals surface area contributed by atoms with Crippen molar-refractivity contribution in [1.82, 2.24) is 14.8 Å². The zero-order chi connectivity index (χ0) is 18.4. The van der Waals surface area contributed by atoms with E-state index in [4.69, 9.17) is 5.73 Å². The minimum absolute atomic E-state index is 0.0316. The summed E-state index contributed by atoms with van der Waals surface area (Å²) in [4.78, 5) is 16.0. The summed E-state index contributed by atoms with van der Waals surface area (Å²) in [5, 5.41) is 4.67. The molecule has 8 heteroatoms. The molecule has 136 valence electrons. The molecular weight excluding hydrogens is 342 g/mol. The predicted octanol–water partition coefficient (Wildman–Crippen LogP) is 2.80. The number of nitrogens with zero attached hydrogens (tertiary/aromatic N) is 3. The molecule has 4 atom stereocenters. The molecule has 4 aliphatic rings. The zero-order valence-corrected chi connectivity index (χ0v) is 14.3. The highest BCUT2D eigenvalue weighted by Gasteiger charge is 2.94. The van der Waals surface area contributed by atoms with Gasteiger partial charge in [0.05, 0.1) is 5.69 Å². The van der Waals surface area contributed by atoms with Gasteiger partial charge in [-0.3, -0.25) is 9.48 Å². The summed E-state index contributed by atoms with van der Waals surface area (Å²) < 4.78 is 31.5. The van der Waals surface area contributed by atoms with Crippen molar-refractivity contribution in [2.24, 2.45) is 17.8 Å². The molecule has 2 aromatic heterocycles. The number of ketones is 1. The van der Waals surface area contributed by atoms with Crippen molar-refractivity contribution >= 4 is 11.6 Å². The van der Waals surface area contributed by atoms with Crippen LogP contribution in [0.5, 0.6) is 5.75 Å². The average Bonchev–Trinajstić information content (AvgIpc) is 3.17. The van der Waals surface area contributed by atoms with E-state index < -0.39 is 6.61 Å². The van der Waals surface area contributed by atoms with Crippen LogP contribution >= 0.6 is 0 Å². The monoisotopic (exact) mass is 360 g/mol. The Morgan fingerprint density at radius 1 is 1.38 bits per heavy atom. The van der Waals surface area contributed by atoms with Crippen LogP contribution in [0.4, 0.5) is 14.6 Å². The number of alkyl halides is 2. The van der Waals surface area contributed by atoms with Gasteiger partial charge in [-0.1, -0.05) is 0 Å². The number of aromatic nitrogens is 3. The van der Waals surface area contributed by atoms with Gasteiger partial charge in [-0.25, -0.2) is 4.98 Å². The summed E-state index contributed by atoms with van der Waals surface area (Å²) in [5.74, 6) is 1.17. The molecule has 0 radical (unpaired) electrons. The van der Waals surface area contributed by atoms with E-state index in [1.165, 1.54) is 12.3 Å². The van der Waals surface area contributed by atoms with Crippen LogP contribution in [-0.2, 0) is 10.2 Å². The van der Waals surface area contributed by atoms with Crippen molar-refractivity contribution in [1.29, 1.82) is 0 Å². The average molecular weight is 360 g/mol. The number of anilines is 1. The molecule has 26 heavy (non-hydrogen) atoms. The lowest BCUT2D eigenvalue weighted by Gasteiger charge is -2.14. The number of pyridine rings is 1. The number of ether oxygens (including phenoxy) is 1. The molecule has 2 aromatic rings. The molecule has 0 spiro atoms. The van der Waals surface area contributed by atoms with E-state index in [9.17, 15) is 13.6 Å². The third kappa shape index (κ3) is 1.82. The van der Waals surface area contributed by atoms with Crippen LogP contribution in [-0.4, -0.2) is 27.2 Å². The fourth-order valence-corrected chi connectivity index (χ4v) is 4.96. The summed E-state index contributed by atoms with van der Waals surface area (Å²) in [7, 11) is 0. The fraction of sp³-hybridized carbons (Fsp3) is 0.500. The van der Waals surface area contributed by atoms with E-state index in [0.29, 0.717) is 35.3 Å². The van der Waals surface area contributed by atoms with Crippen LogP contribution in [0.1, 0.15) is 32.0 Å². The lowest BCUT2D eigenvalue weighted by Crippen LogP contribution is -2.15. The topological polar surface area (TPSA) is 83.0 Å². The highest BCUT2D eigenvalue weighted by atomic mass is 19.3. The van der Waals surface area contributed by atoms with Crippen molar-refractivity contribution in [2.45, 2.75) is 38.3 Å². The van der Waals surface area contributed by atoms with Crippen molar-refractivity contribution in [2.75, 3.05) is 5.73 Å². The maximum Gasteiger partial charge on any atom is 0.387 e. The number of nitrogen functional groups attached to an aromatic ring is 1. The van der Waals surface area contributed by atoms with E-state index in [1.807, 2.05) is 24.6 Å². The Morgan fingerprint density at radius 3 is 2.73 bits per heavy atom. The predicted molar refractivity (Wildman–Crippen MR) is 88.7 cm³/mol. The van der Waals surface area contributed by atoms with Crippen LogP contribution in [0.2, 0.25) is 0 Å². The molecule has 4 aliphatic carbocycles. The second-order valence-electron chi connectivity index (χ2n) is 7.65. The second kappa shape index (κ2) is 4.81. The van der Waals surface area contributed by atoms with Crippen molar-refractivity contribution in [3.63, 3.8) is 0 Å². The molecule has 4 saturated carbocycles. The maximum absolute atomic E-state index is 12.6. The Morgan fingerprint density at radius 2 is 2.15 bits per heavy atom. The number of nitrogens with two attached hydrogens (primary N) is 1. The first-order valence-corrected chi connectivity index (χ1v) is 8.69. The van der Waals surface area contributed by atoms with Gasteiger partial charge in [-0.05, 0) is 37.8 Å². The summed E-state index contributed by atoms with van der Waals surface area (Å²) in [6, 6.07) is 3.52. The fourth-order valence-electron chi connectivity index (χ4n) is 4.96. The first-order valence-electron chi connectivity index (χ1n) is 8.69. The van der Waals surface area contributed by atoms with E-state index in [2.05, 4.69) is 14.8 Å². The van der Waals surface area contributed by atoms with Crippen molar-refractivity contribution in [3.8, 4) is 17.0 Å². The molecule has 4 unspecified atom stereocenters. The summed E-state index contributed by atoms with van der Waals surface area (Å²) >= 11 is 0. The number of carbonyl (C=O) groups excluding carboxylic acids is 1. The summed E-state index contributed by atoms with van der Waals surface area (Å²) in [6.07, 6.45) is 2.17. The first kappa shape index (κ1) is 15.7. The molecule has 0 aliphatic heterocycles. The van der Waals surface area contributed by atoms with E-state index in [0.717, 1.165) is 5.69 Å². The molecule has 2 N–H and O–H groups in total. The largest absolute Gasteiger partial charge is 0.431 e. The molecule has 6 nitrogen and oxygen atoms in total. The molecule has 6 rings (SSSR count). The van der Waals surface area contributed by atoms with Crippen LogP contribution in [0.15, 0.2) is 18.3 Å². The van der Waals surface area contributed by atoms with Gasteiger partial charge >= 0.3 is 6.61 Å². The van der Waals surface area contributed by atoms with E-state index >= 15 is 0 Å². The Labute approximate surface area is 148 Å². The Bertz CT molecular complexity index is 935. The quantitative estimate of drug-likeness (QED) is 0.886. The third-order valence-corrected chi connectivity index (χ3v) is 6.08. The van der Waals surface area contributed by atoms with Gasteiger partial charge in [-0.15, -0.1) is 0 Å². The number of hydrogen-bond donors (Lipinski definition) is 1. The lowest BCUT2D eigenvalue weighted by molar-refractivity contribution is -0.118. The number of rotatable bonds is 5. The Kier molecular flexibility index (Phi) is 2.91. The van der Waals surface area contributed by atoms with Gasteiger partial charge in [0.1, 0.15) is 5.78 Å². The second-order valence-corrected chi connectivity index (χ2v) is 7.65. The van der Waals surface area contributed by atoms with Gasteiger partial charge in [-0.2, -0.15) is 13.9 Å². The van der Waals surface area contributed by atoms with Crippen molar-refractivity contribution in [3.05, 3.63) is 24.0 Å². The number of hydrogen-bond acceptors (Lipinski definition) is 5. The van der Waals surface area contributed by atoms with Gasteiger partial charge in [0.2, 0.25) is 0 Å². The third-order valence-electron chi connectivity index (χ3n) is 6.08. The standard InChI is InChI=1S/C18H18F2N4O2/c1-7(2)24-13(18-9-4-11(25)15(18)14(9)18)5-10(23-24)8-3-12(26-17(19)20)16(21)22-6-8/h3,5-7,9,14-15,17H,4H2,1-2H3,(H2,21,22). The Balaban J connectivity index is 1.56. The highest BCUT2D eigenvalue weighted by molar-refractivity contribution is 5.97. The van der Waals surface area contributed by atoms with E-state index in [1.54, 1.807) is 0 Å². The molecule has 4 fully saturated rings. The van der Waals surface area contributed by atoms with Crippen LogP contribution in [0.25, 0.3) is 11.3 Å². The Hall–Kier alpha value is -2.51.